The van der Waals surface area contributed by atoms with E-state index >= 15 is 0 Å². The van der Waals surface area contributed by atoms with Gasteiger partial charge in [0.05, 0.1) is 39.1 Å². The molecule has 0 spiro atoms. The summed E-state index contributed by atoms with van der Waals surface area (Å²) in [7, 11) is 0. The Bertz CT molecular complexity index is 1210. The molecular formula is C34H42BrNO6. The second kappa shape index (κ2) is 16.1. The van der Waals surface area contributed by atoms with Crippen molar-refractivity contribution in [3.8, 4) is 5.75 Å². The number of halogens is 1. The number of hydroxylamine groups is 2. The largest absolute Gasteiger partial charge is 0.528 e. The molecule has 1 fully saturated rings. The fourth-order valence-corrected chi connectivity index (χ4v) is 5.12. The minimum Gasteiger partial charge on any atom is -0.494 e. The second-order valence-electron chi connectivity index (χ2n) is 11.4. The van der Waals surface area contributed by atoms with E-state index in [0.717, 1.165) is 29.5 Å². The lowest BCUT2D eigenvalue weighted by atomic mass is 9.87. The quantitative estimate of drug-likeness (QED) is 0.107. The molecule has 2 unspecified atom stereocenters. The third kappa shape index (κ3) is 10.7. The van der Waals surface area contributed by atoms with Gasteiger partial charge in [-0.15, -0.1) is 5.06 Å². The predicted molar refractivity (Wildman–Crippen MR) is 167 cm³/mol. The van der Waals surface area contributed by atoms with Crippen molar-refractivity contribution in [1.82, 2.24) is 5.06 Å². The van der Waals surface area contributed by atoms with E-state index in [2.05, 4.69) is 64.5 Å². The van der Waals surface area contributed by atoms with Crippen LogP contribution in [0.5, 0.6) is 5.75 Å². The molecule has 0 bridgehead atoms. The van der Waals surface area contributed by atoms with E-state index in [1.165, 1.54) is 16.7 Å². The summed E-state index contributed by atoms with van der Waals surface area (Å²) in [4.78, 5) is 17.9. The zero-order valence-corrected chi connectivity index (χ0v) is 26.4. The summed E-state index contributed by atoms with van der Waals surface area (Å²) < 4.78 is 23.5. The van der Waals surface area contributed by atoms with E-state index in [9.17, 15) is 4.79 Å². The molecule has 7 nitrogen and oxygen atoms in total. The van der Waals surface area contributed by atoms with E-state index in [1.807, 2.05) is 51.1 Å². The van der Waals surface area contributed by atoms with Gasteiger partial charge in [0, 0.05) is 24.2 Å². The molecule has 0 aromatic heterocycles. The number of carbonyl (C=O) groups excluding carboxylic acids is 1. The molecule has 1 heterocycles. The summed E-state index contributed by atoms with van der Waals surface area (Å²) in [5.41, 5.74) is 4.04. The van der Waals surface area contributed by atoms with E-state index in [4.69, 9.17) is 23.8 Å². The van der Waals surface area contributed by atoms with Gasteiger partial charge in [0.2, 0.25) is 0 Å². The molecule has 3 aromatic carbocycles. The number of benzene rings is 3. The van der Waals surface area contributed by atoms with Crippen molar-refractivity contribution in [3.63, 3.8) is 0 Å². The minimum atomic E-state index is -0.697. The lowest BCUT2D eigenvalue weighted by Crippen LogP contribution is -2.45. The Labute approximate surface area is 258 Å². The van der Waals surface area contributed by atoms with E-state index < -0.39 is 11.8 Å². The standard InChI is InChI=1S/C34H42BrNO6/c1-34(2,3)41-33(37)42-36-19-18-31(32(23-36)40-25-28-12-10-26(22-35)11-13-28)29-14-16-30(17-15-29)39-21-7-20-38-24-27-8-5-4-6-9-27/h4-6,8-17,31-32H,7,18-25H2,1-3H3. The van der Waals surface area contributed by atoms with Gasteiger partial charge in [0.15, 0.2) is 0 Å². The Morgan fingerprint density at radius 3 is 2.26 bits per heavy atom. The molecule has 1 aliphatic heterocycles. The van der Waals surface area contributed by atoms with Gasteiger partial charge in [-0.3, -0.25) is 0 Å². The molecule has 0 saturated carbocycles. The minimum absolute atomic E-state index is 0.144. The Morgan fingerprint density at radius 1 is 0.881 bits per heavy atom. The molecule has 3 aromatic rings. The summed E-state index contributed by atoms with van der Waals surface area (Å²) in [6.07, 6.45) is 0.717. The maximum absolute atomic E-state index is 12.3. The van der Waals surface area contributed by atoms with Gasteiger partial charge < -0.3 is 23.8 Å². The van der Waals surface area contributed by atoms with Gasteiger partial charge in [-0.2, -0.15) is 0 Å². The SMILES string of the molecule is CC(C)(C)OC(=O)ON1CCC(c2ccc(OCCCOCc3ccccc3)cc2)C(OCc2ccc(CBr)cc2)C1. The molecule has 4 rings (SSSR count). The van der Waals surface area contributed by atoms with Crippen molar-refractivity contribution in [2.24, 2.45) is 0 Å². The number of nitrogens with zero attached hydrogens (tertiary/aromatic N) is 1. The molecule has 2 atom stereocenters. The average Bonchev–Trinajstić information content (AvgIpc) is 2.98. The fraction of sp³-hybridized carbons (Fsp3) is 0.441. The van der Waals surface area contributed by atoms with Gasteiger partial charge in [-0.25, -0.2) is 4.79 Å². The van der Waals surface area contributed by atoms with E-state index in [0.29, 0.717) is 39.5 Å². The number of rotatable bonds is 13. The van der Waals surface area contributed by atoms with Crippen LogP contribution in [0, 0.1) is 0 Å². The first-order valence-corrected chi connectivity index (χ1v) is 15.7. The highest BCUT2D eigenvalue weighted by Crippen LogP contribution is 2.32. The summed E-state index contributed by atoms with van der Waals surface area (Å²) in [5, 5.41) is 2.47. The van der Waals surface area contributed by atoms with Crippen LogP contribution in [0.3, 0.4) is 0 Å². The first-order chi connectivity index (χ1) is 20.3. The molecule has 0 aliphatic carbocycles. The summed E-state index contributed by atoms with van der Waals surface area (Å²) in [6.45, 7) is 8.82. The highest BCUT2D eigenvalue weighted by Gasteiger charge is 2.34. The Hall–Kier alpha value is -2.91. The first-order valence-electron chi connectivity index (χ1n) is 14.5. The zero-order valence-electron chi connectivity index (χ0n) is 24.8. The van der Waals surface area contributed by atoms with E-state index in [-0.39, 0.29) is 12.0 Å². The Kier molecular flexibility index (Phi) is 12.3. The number of piperidine rings is 1. The maximum Gasteiger partial charge on any atom is 0.528 e. The predicted octanol–water partition coefficient (Wildman–Crippen LogP) is 7.81. The smallest absolute Gasteiger partial charge is 0.494 e. The van der Waals surface area contributed by atoms with Crippen LogP contribution in [0.4, 0.5) is 4.79 Å². The Morgan fingerprint density at radius 2 is 1.57 bits per heavy atom. The molecule has 226 valence electrons. The van der Waals surface area contributed by atoms with Gasteiger partial charge in [0.1, 0.15) is 11.4 Å². The number of alkyl halides is 1. The molecule has 1 saturated heterocycles. The highest BCUT2D eigenvalue weighted by molar-refractivity contribution is 9.08. The molecule has 0 amide bonds. The average molecular weight is 641 g/mol. The van der Waals surface area contributed by atoms with Crippen LogP contribution >= 0.6 is 15.9 Å². The lowest BCUT2D eigenvalue weighted by Gasteiger charge is -2.37. The van der Waals surface area contributed by atoms with Crippen LogP contribution < -0.4 is 4.74 Å². The van der Waals surface area contributed by atoms with Gasteiger partial charge in [0.25, 0.3) is 0 Å². The van der Waals surface area contributed by atoms with Crippen LogP contribution in [0.25, 0.3) is 0 Å². The molecule has 1 aliphatic rings. The molecule has 42 heavy (non-hydrogen) atoms. The topological polar surface area (TPSA) is 66.5 Å². The third-order valence-corrected chi connectivity index (χ3v) is 7.53. The number of hydrogen-bond acceptors (Lipinski definition) is 7. The zero-order chi connectivity index (χ0) is 29.8. The van der Waals surface area contributed by atoms with Crippen molar-refractivity contribution in [3.05, 3.63) is 101 Å². The van der Waals surface area contributed by atoms with Crippen LogP contribution in [0.15, 0.2) is 78.9 Å². The lowest BCUT2D eigenvalue weighted by molar-refractivity contribution is -0.179. The number of carbonyl (C=O) groups is 1. The normalized spacial score (nSPS) is 17.5. The van der Waals surface area contributed by atoms with Gasteiger partial charge >= 0.3 is 6.16 Å². The number of hydrogen-bond donors (Lipinski definition) is 0. The van der Waals surface area contributed by atoms with Crippen molar-refractivity contribution in [1.29, 1.82) is 0 Å². The van der Waals surface area contributed by atoms with Crippen molar-refractivity contribution >= 4 is 22.1 Å². The van der Waals surface area contributed by atoms with Crippen molar-refractivity contribution < 1.29 is 28.6 Å². The van der Waals surface area contributed by atoms with E-state index in [1.54, 1.807) is 5.06 Å². The van der Waals surface area contributed by atoms with Crippen LogP contribution in [0.2, 0.25) is 0 Å². The summed E-state index contributed by atoms with van der Waals surface area (Å²) >= 11 is 3.50. The molecule has 0 N–H and O–H groups in total. The van der Waals surface area contributed by atoms with Crippen LogP contribution in [-0.4, -0.2) is 49.2 Å². The van der Waals surface area contributed by atoms with Crippen LogP contribution in [0.1, 0.15) is 61.8 Å². The maximum atomic E-state index is 12.3. The summed E-state index contributed by atoms with van der Waals surface area (Å²) in [5.74, 6) is 0.975. The van der Waals surface area contributed by atoms with Gasteiger partial charge in [-0.05, 0) is 61.6 Å². The Balaban J connectivity index is 1.31. The second-order valence-corrected chi connectivity index (χ2v) is 12.0. The molecular weight excluding hydrogens is 598 g/mol. The number of ether oxygens (including phenoxy) is 4. The monoisotopic (exact) mass is 639 g/mol. The molecule has 0 radical (unpaired) electrons. The van der Waals surface area contributed by atoms with Crippen LogP contribution in [-0.2, 0) is 37.6 Å². The van der Waals surface area contributed by atoms with Gasteiger partial charge in [-0.1, -0.05) is 82.7 Å². The summed E-state index contributed by atoms with van der Waals surface area (Å²) in [6, 6.07) is 26.8. The fourth-order valence-electron chi connectivity index (χ4n) is 4.75. The molecule has 8 heteroatoms. The van der Waals surface area contributed by atoms with Crippen molar-refractivity contribution in [2.45, 2.75) is 69.8 Å². The van der Waals surface area contributed by atoms with Crippen molar-refractivity contribution in [2.75, 3.05) is 26.3 Å². The third-order valence-electron chi connectivity index (χ3n) is 6.88. The highest BCUT2D eigenvalue weighted by atomic mass is 79.9. The first kappa shape index (κ1) is 32.0.